The first-order valence-electron chi connectivity index (χ1n) is 12.0. The Morgan fingerprint density at radius 2 is 1.92 bits per heavy atom. The second-order valence-corrected chi connectivity index (χ2v) is 9.51. The van der Waals surface area contributed by atoms with Crippen molar-refractivity contribution in [3.05, 3.63) is 54.2 Å². The smallest absolute Gasteiger partial charge is 0.265 e. The van der Waals surface area contributed by atoms with Gasteiger partial charge in [0.2, 0.25) is 0 Å². The van der Waals surface area contributed by atoms with Gasteiger partial charge in [0.05, 0.1) is 25.5 Å². The van der Waals surface area contributed by atoms with Gasteiger partial charge in [0.25, 0.3) is 6.43 Å². The van der Waals surface area contributed by atoms with Crippen molar-refractivity contribution in [2.24, 2.45) is 5.73 Å². The highest BCUT2D eigenvalue weighted by atomic mass is 19.3. The minimum absolute atomic E-state index is 0.0457. The van der Waals surface area contributed by atoms with Crippen molar-refractivity contribution >= 4 is 22.8 Å². The van der Waals surface area contributed by atoms with Crippen molar-refractivity contribution < 1.29 is 27.4 Å². The van der Waals surface area contributed by atoms with E-state index in [1.807, 2.05) is 0 Å². The number of nitrogen functional groups attached to an aromatic ring is 1. The molecule has 1 unspecified atom stereocenters. The molecule has 10 nitrogen and oxygen atoms in total. The summed E-state index contributed by atoms with van der Waals surface area (Å²) in [5, 5.41) is 10.1. The van der Waals surface area contributed by atoms with Crippen LogP contribution in [0, 0.1) is 11.6 Å². The molecule has 2 atom stereocenters. The molecule has 0 spiro atoms. The Morgan fingerprint density at radius 1 is 1.13 bits per heavy atom. The fourth-order valence-electron chi connectivity index (χ4n) is 4.94. The molecule has 1 fully saturated rings. The lowest BCUT2D eigenvalue weighted by molar-refractivity contribution is -0.0529. The van der Waals surface area contributed by atoms with Crippen LogP contribution in [0.5, 0.6) is 5.75 Å². The Morgan fingerprint density at radius 3 is 2.67 bits per heavy atom. The lowest BCUT2D eigenvalue weighted by Gasteiger charge is -2.43. The molecule has 0 amide bonds. The monoisotopic (exact) mass is 546 g/mol. The highest BCUT2D eigenvalue weighted by molar-refractivity contribution is 5.81. The minimum atomic E-state index is -3.01. The molecule has 1 saturated heterocycles. The van der Waals surface area contributed by atoms with Gasteiger partial charge in [0.15, 0.2) is 23.0 Å². The first-order valence-corrected chi connectivity index (χ1v) is 12.0. The maximum absolute atomic E-state index is 14.9. The summed E-state index contributed by atoms with van der Waals surface area (Å²) in [5.41, 5.74) is 12.1. The Balaban J connectivity index is 1.60. The number of ether oxygens (including phenoxy) is 1. The van der Waals surface area contributed by atoms with E-state index in [0.717, 1.165) is 12.1 Å². The van der Waals surface area contributed by atoms with Crippen molar-refractivity contribution in [1.82, 2.24) is 24.5 Å². The number of rotatable bonds is 7. The van der Waals surface area contributed by atoms with Gasteiger partial charge in [0.1, 0.15) is 29.6 Å². The lowest BCUT2D eigenvalue weighted by Crippen LogP contribution is -2.63. The molecule has 5 rings (SSSR count). The number of benzene rings is 1. The molecule has 4 heterocycles. The number of piperidine rings is 1. The predicted octanol–water partition coefficient (Wildman–Crippen LogP) is 2.73. The van der Waals surface area contributed by atoms with Crippen LogP contribution in [0.15, 0.2) is 37.1 Å². The van der Waals surface area contributed by atoms with Crippen molar-refractivity contribution in [3.8, 4) is 16.9 Å². The summed E-state index contributed by atoms with van der Waals surface area (Å²) in [6, 6.07) is 3.58. The van der Waals surface area contributed by atoms with Crippen LogP contribution in [0.2, 0.25) is 0 Å². The van der Waals surface area contributed by atoms with Crippen LogP contribution in [0.1, 0.15) is 18.4 Å². The minimum Gasteiger partial charge on any atom is -0.494 e. The van der Waals surface area contributed by atoms with E-state index < -0.39 is 29.7 Å². The van der Waals surface area contributed by atoms with Gasteiger partial charge in [0, 0.05) is 42.0 Å². The van der Waals surface area contributed by atoms with Gasteiger partial charge in [-0.2, -0.15) is 0 Å². The van der Waals surface area contributed by atoms with E-state index in [1.165, 1.54) is 26.0 Å². The van der Waals surface area contributed by atoms with Crippen molar-refractivity contribution in [3.63, 3.8) is 0 Å². The number of fused-ring (bicyclic) bond motifs is 1. The number of aliphatic hydroxyl groups is 1. The van der Waals surface area contributed by atoms with Gasteiger partial charge in [-0.1, -0.05) is 0 Å². The van der Waals surface area contributed by atoms with Gasteiger partial charge >= 0.3 is 0 Å². The Kier molecular flexibility index (Phi) is 6.99. The number of hydrogen-bond acceptors (Lipinski definition) is 9. The average Bonchev–Trinajstić information content (AvgIpc) is 3.33. The van der Waals surface area contributed by atoms with E-state index in [1.54, 1.807) is 15.5 Å². The second-order valence-electron chi connectivity index (χ2n) is 9.51. The van der Waals surface area contributed by atoms with Crippen LogP contribution < -0.4 is 21.1 Å². The molecule has 0 bridgehead atoms. The quantitative estimate of drug-likeness (QED) is 0.298. The SMILES string of the molecule is COc1cc(F)c(-c2cnc(N3CCC[C@](N)(C(O)C(F)F)C3)c(Cn3cnc4c(N)ncnc43)c2)cc1F. The van der Waals surface area contributed by atoms with E-state index in [2.05, 4.69) is 19.9 Å². The summed E-state index contributed by atoms with van der Waals surface area (Å²) in [7, 11) is 1.23. The largest absolute Gasteiger partial charge is 0.494 e. The van der Waals surface area contributed by atoms with Gasteiger partial charge < -0.3 is 30.8 Å². The van der Waals surface area contributed by atoms with Crippen LogP contribution >= 0.6 is 0 Å². The Labute approximate surface area is 220 Å². The van der Waals surface area contributed by atoms with Crippen molar-refractivity contribution in [1.29, 1.82) is 0 Å². The molecule has 0 saturated carbocycles. The molecular weight excluding hydrogens is 520 g/mol. The number of nitrogens with zero attached hydrogens (tertiary/aromatic N) is 6. The summed E-state index contributed by atoms with van der Waals surface area (Å²) in [4.78, 5) is 18.7. The highest BCUT2D eigenvalue weighted by Gasteiger charge is 2.43. The normalized spacial score (nSPS) is 18.6. The van der Waals surface area contributed by atoms with Crippen LogP contribution in [0.4, 0.5) is 29.2 Å². The Bertz CT molecular complexity index is 1520. The molecule has 1 aliphatic rings. The van der Waals surface area contributed by atoms with Gasteiger partial charge in [-0.3, -0.25) is 0 Å². The summed E-state index contributed by atoms with van der Waals surface area (Å²) in [6.45, 7) is 0.456. The zero-order valence-electron chi connectivity index (χ0n) is 20.9. The third-order valence-electron chi connectivity index (χ3n) is 6.95. The third-order valence-corrected chi connectivity index (χ3v) is 6.95. The zero-order valence-corrected chi connectivity index (χ0v) is 20.9. The Hall–Kier alpha value is -4.04. The second kappa shape index (κ2) is 10.3. The fraction of sp³-hybridized carbons (Fsp3) is 0.360. The number of halogens is 4. The van der Waals surface area contributed by atoms with Crippen LogP contribution in [-0.2, 0) is 6.54 Å². The maximum atomic E-state index is 14.9. The van der Waals surface area contributed by atoms with Crippen LogP contribution in [0.25, 0.3) is 22.3 Å². The summed E-state index contributed by atoms with van der Waals surface area (Å²) in [5.74, 6) is -1.15. The molecule has 206 valence electrons. The number of anilines is 2. The average molecular weight is 547 g/mol. The molecular formula is C25H26F4N8O2. The van der Waals surface area contributed by atoms with E-state index in [0.29, 0.717) is 35.5 Å². The van der Waals surface area contributed by atoms with Crippen LogP contribution in [-0.4, -0.2) is 67.9 Å². The van der Waals surface area contributed by atoms with Gasteiger partial charge in [-0.25, -0.2) is 37.5 Å². The number of imidazole rings is 1. The molecule has 1 aromatic carbocycles. The van der Waals surface area contributed by atoms with E-state index in [-0.39, 0.29) is 42.2 Å². The van der Waals surface area contributed by atoms with E-state index in [9.17, 15) is 22.7 Å². The standard InChI is InChI=1S/C25H26F4N8O2/c1-39-18-7-16(26)15(6-17(18)27)13-5-14(9-37-12-35-19-22(30)33-11-34-24(19)37)23(32-8-13)36-4-2-3-25(31,10-36)20(38)21(28)29/h5-8,11-12,20-21,38H,2-4,9-10,31H2,1H3,(H2,30,33,34)/t20?,25-/m1/s1. The molecule has 3 aromatic heterocycles. The number of hydrogen-bond donors (Lipinski definition) is 3. The first kappa shape index (κ1) is 26.6. The summed E-state index contributed by atoms with van der Waals surface area (Å²) < 4.78 is 62.7. The zero-order chi connectivity index (χ0) is 27.9. The number of pyridine rings is 1. The molecule has 5 N–H and O–H groups in total. The number of aliphatic hydroxyl groups excluding tert-OH is 1. The lowest BCUT2D eigenvalue weighted by atomic mass is 9.84. The summed E-state index contributed by atoms with van der Waals surface area (Å²) in [6.07, 6.45) is -0.257. The molecule has 0 radical (unpaired) electrons. The fourth-order valence-corrected chi connectivity index (χ4v) is 4.94. The first-order chi connectivity index (χ1) is 18.6. The number of methoxy groups -OCH3 is 1. The molecule has 0 aliphatic carbocycles. The number of nitrogens with two attached hydrogens (primary N) is 2. The topological polar surface area (TPSA) is 141 Å². The molecule has 39 heavy (non-hydrogen) atoms. The van der Waals surface area contributed by atoms with Crippen LogP contribution in [0.3, 0.4) is 0 Å². The predicted molar refractivity (Wildman–Crippen MR) is 135 cm³/mol. The van der Waals surface area contributed by atoms with E-state index >= 15 is 0 Å². The summed E-state index contributed by atoms with van der Waals surface area (Å²) >= 11 is 0. The van der Waals surface area contributed by atoms with Crippen molar-refractivity contribution in [2.45, 2.75) is 37.5 Å². The van der Waals surface area contributed by atoms with E-state index in [4.69, 9.17) is 16.2 Å². The number of alkyl halides is 2. The van der Waals surface area contributed by atoms with Crippen molar-refractivity contribution in [2.75, 3.05) is 30.8 Å². The van der Waals surface area contributed by atoms with Gasteiger partial charge in [-0.15, -0.1) is 0 Å². The highest BCUT2D eigenvalue weighted by Crippen LogP contribution is 2.34. The molecule has 14 heteroatoms. The molecule has 4 aromatic rings. The third kappa shape index (κ3) is 4.92. The number of aromatic nitrogens is 5. The molecule has 1 aliphatic heterocycles. The van der Waals surface area contributed by atoms with Gasteiger partial charge in [-0.05, 0) is 25.0 Å². The maximum Gasteiger partial charge on any atom is 0.265 e.